The summed E-state index contributed by atoms with van der Waals surface area (Å²) in [6.45, 7) is 2.17. The average molecular weight is 276 g/mol. The predicted octanol–water partition coefficient (Wildman–Crippen LogP) is -3.00. The first-order chi connectivity index (χ1) is 8.70. The summed E-state index contributed by atoms with van der Waals surface area (Å²) in [5.74, 6) is -3.02. The third-order valence-electron chi connectivity index (χ3n) is 2.22. The highest BCUT2D eigenvalue weighted by molar-refractivity contribution is 5.80. The van der Waals surface area contributed by atoms with E-state index in [1.807, 2.05) is 0 Å². The second-order valence-electron chi connectivity index (χ2n) is 3.86. The summed E-state index contributed by atoms with van der Waals surface area (Å²) in [6.07, 6.45) is -3.96. The van der Waals surface area contributed by atoms with E-state index in [0.717, 1.165) is 13.8 Å². The quantitative estimate of drug-likeness (QED) is 0.310. The van der Waals surface area contributed by atoms with Crippen LogP contribution in [-0.2, 0) is 19.2 Å². The van der Waals surface area contributed by atoms with E-state index in [-0.39, 0.29) is 6.29 Å². The maximum atomic E-state index is 11.0. The van der Waals surface area contributed by atoms with Gasteiger partial charge in [0.15, 0.2) is 6.10 Å². The molecule has 9 nitrogen and oxygen atoms in total. The van der Waals surface area contributed by atoms with E-state index in [4.69, 9.17) is 5.11 Å². The Morgan fingerprint density at radius 2 is 1.53 bits per heavy atom. The first-order valence-electron chi connectivity index (χ1n) is 5.29. The number of carbonyl (C=O) groups excluding carboxylic acids is 3. The third-order valence-corrected chi connectivity index (χ3v) is 2.22. The van der Waals surface area contributed by atoms with Crippen molar-refractivity contribution in [2.75, 3.05) is 0 Å². The lowest BCUT2D eigenvalue weighted by atomic mass is 9.98. The molecule has 2 amide bonds. The Balaban J connectivity index is 5.16. The van der Waals surface area contributed by atoms with Gasteiger partial charge < -0.3 is 30.7 Å². The Labute approximate surface area is 108 Å². The summed E-state index contributed by atoms with van der Waals surface area (Å²) in [5, 5.41) is 31.7. The molecule has 0 saturated heterocycles. The lowest BCUT2D eigenvalue weighted by Crippen LogP contribution is -2.61. The van der Waals surface area contributed by atoms with Crippen LogP contribution in [0.4, 0.5) is 0 Å². The van der Waals surface area contributed by atoms with Gasteiger partial charge in [-0.25, -0.2) is 4.79 Å². The summed E-state index contributed by atoms with van der Waals surface area (Å²) in [7, 11) is 0. The Morgan fingerprint density at radius 1 is 1.05 bits per heavy atom. The minimum absolute atomic E-state index is 0.222. The van der Waals surface area contributed by atoms with Gasteiger partial charge in [0.25, 0.3) is 0 Å². The number of carbonyl (C=O) groups is 4. The number of rotatable bonds is 7. The van der Waals surface area contributed by atoms with Crippen LogP contribution < -0.4 is 10.6 Å². The van der Waals surface area contributed by atoms with E-state index in [9.17, 15) is 29.4 Å². The molecule has 9 heteroatoms. The van der Waals surface area contributed by atoms with Crippen molar-refractivity contribution in [3.05, 3.63) is 0 Å². The van der Waals surface area contributed by atoms with Gasteiger partial charge in [-0.1, -0.05) is 0 Å². The van der Waals surface area contributed by atoms with Crippen molar-refractivity contribution in [1.29, 1.82) is 0 Å². The smallest absolute Gasteiger partial charge is 0.335 e. The molecule has 0 rings (SSSR count). The van der Waals surface area contributed by atoms with Crippen molar-refractivity contribution in [2.45, 2.75) is 38.1 Å². The Hall–Kier alpha value is -2.00. The number of amides is 2. The molecule has 0 aromatic heterocycles. The third kappa shape index (κ3) is 5.44. The van der Waals surface area contributed by atoms with Gasteiger partial charge >= 0.3 is 5.97 Å². The van der Waals surface area contributed by atoms with Gasteiger partial charge in [-0.3, -0.25) is 9.59 Å². The Bertz CT molecular complexity index is 371. The molecule has 0 aliphatic rings. The van der Waals surface area contributed by atoms with Gasteiger partial charge in [-0.15, -0.1) is 0 Å². The zero-order chi connectivity index (χ0) is 15.2. The molecule has 0 heterocycles. The number of hydrogen-bond acceptors (Lipinski definition) is 6. The number of aliphatic carboxylic acids is 1. The summed E-state index contributed by atoms with van der Waals surface area (Å²) < 4.78 is 0. The lowest BCUT2D eigenvalue weighted by Gasteiger charge is -2.29. The molecule has 19 heavy (non-hydrogen) atoms. The van der Waals surface area contributed by atoms with Gasteiger partial charge in [-0.2, -0.15) is 0 Å². The van der Waals surface area contributed by atoms with Crippen LogP contribution in [0.2, 0.25) is 0 Å². The normalized spacial score (nSPS) is 16.6. The van der Waals surface area contributed by atoms with Gasteiger partial charge in [0.1, 0.15) is 18.4 Å². The topological polar surface area (TPSA) is 153 Å². The van der Waals surface area contributed by atoms with Crippen molar-refractivity contribution >= 4 is 24.1 Å². The van der Waals surface area contributed by atoms with Crippen LogP contribution >= 0.6 is 0 Å². The first-order valence-corrected chi connectivity index (χ1v) is 5.29. The molecule has 0 bridgehead atoms. The van der Waals surface area contributed by atoms with Crippen LogP contribution in [0.15, 0.2) is 0 Å². The minimum atomic E-state index is -2.21. The second-order valence-corrected chi connectivity index (χ2v) is 3.86. The van der Waals surface area contributed by atoms with Crippen molar-refractivity contribution < 1.29 is 34.5 Å². The highest BCUT2D eigenvalue weighted by atomic mass is 16.4. The Kier molecular flexibility index (Phi) is 6.66. The molecule has 0 saturated carbocycles. The van der Waals surface area contributed by atoms with E-state index < -0.39 is 42.1 Å². The zero-order valence-electron chi connectivity index (χ0n) is 10.4. The van der Waals surface area contributed by atoms with E-state index >= 15 is 0 Å². The number of carboxylic acid groups (broad SMARTS) is 1. The van der Waals surface area contributed by atoms with Gasteiger partial charge in [0.2, 0.25) is 11.8 Å². The fourth-order valence-electron chi connectivity index (χ4n) is 1.41. The van der Waals surface area contributed by atoms with Crippen LogP contribution in [0.3, 0.4) is 0 Å². The Morgan fingerprint density at radius 3 is 1.84 bits per heavy atom. The molecule has 5 N–H and O–H groups in total. The van der Waals surface area contributed by atoms with Crippen LogP contribution in [0.25, 0.3) is 0 Å². The molecule has 0 aromatic carbocycles. The van der Waals surface area contributed by atoms with Crippen LogP contribution in [0, 0.1) is 0 Å². The van der Waals surface area contributed by atoms with Gasteiger partial charge in [0, 0.05) is 13.8 Å². The molecule has 0 fully saturated rings. The number of nitrogens with one attached hydrogen (secondary N) is 2. The van der Waals surface area contributed by atoms with Gasteiger partial charge in [0.05, 0.1) is 6.04 Å². The maximum Gasteiger partial charge on any atom is 0.335 e. The molecule has 108 valence electrons. The molecular formula is C10H16N2O7. The summed E-state index contributed by atoms with van der Waals surface area (Å²) in [6, 6.07) is -2.84. The first kappa shape index (κ1) is 17.0. The van der Waals surface area contributed by atoms with E-state index in [1.54, 1.807) is 0 Å². The number of carboxylic acids is 1. The maximum absolute atomic E-state index is 11.0. The zero-order valence-corrected chi connectivity index (χ0v) is 10.4. The molecule has 0 aliphatic carbocycles. The second kappa shape index (κ2) is 7.44. The van der Waals surface area contributed by atoms with Crippen LogP contribution in [-0.4, -0.2) is 63.7 Å². The minimum Gasteiger partial charge on any atom is -0.479 e. The predicted molar refractivity (Wildman–Crippen MR) is 60.9 cm³/mol. The van der Waals surface area contributed by atoms with E-state index in [2.05, 4.69) is 10.6 Å². The van der Waals surface area contributed by atoms with Crippen molar-refractivity contribution in [2.24, 2.45) is 0 Å². The summed E-state index contributed by atoms with van der Waals surface area (Å²) in [5.41, 5.74) is 0. The van der Waals surface area contributed by atoms with E-state index in [0.29, 0.717) is 0 Å². The summed E-state index contributed by atoms with van der Waals surface area (Å²) >= 11 is 0. The van der Waals surface area contributed by atoms with Crippen molar-refractivity contribution in [3.63, 3.8) is 0 Å². The molecule has 4 unspecified atom stereocenters. The fraction of sp³-hybridized carbons (Fsp3) is 0.600. The van der Waals surface area contributed by atoms with Gasteiger partial charge in [-0.05, 0) is 0 Å². The molecule has 0 spiro atoms. The molecule has 0 radical (unpaired) electrons. The number of aliphatic hydroxyl groups excluding tert-OH is 2. The highest BCUT2D eigenvalue weighted by Gasteiger charge is 2.37. The van der Waals surface area contributed by atoms with Crippen molar-refractivity contribution in [1.82, 2.24) is 10.6 Å². The van der Waals surface area contributed by atoms with Crippen molar-refractivity contribution in [3.8, 4) is 0 Å². The number of hydrogen-bond donors (Lipinski definition) is 5. The van der Waals surface area contributed by atoms with Crippen LogP contribution in [0.5, 0.6) is 0 Å². The molecule has 0 aromatic rings. The SMILES string of the molecule is CC(=O)NC(C=O)C(NC(C)=O)C(O)C(O)C(=O)O. The monoisotopic (exact) mass is 276 g/mol. The van der Waals surface area contributed by atoms with Crippen LogP contribution in [0.1, 0.15) is 13.8 Å². The molecule has 4 atom stereocenters. The molecular weight excluding hydrogens is 260 g/mol. The largest absolute Gasteiger partial charge is 0.479 e. The standard InChI is InChI=1S/C10H16N2O7/c1-4(14)11-6(3-13)7(12-5(2)15)8(16)9(17)10(18)19/h3,6-9,16-17H,1-2H3,(H,11,14)(H,12,15)(H,18,19). The highest BCUT2D eigenvalue weighted by Crippen LogP contribution is 2.05. The fourth-order valence-corrected chi connectivity index (χ4v) is 1.41. The average Bonchev–Trinajstić information content (AvgIpc) is 2.30. The number of aldehydes is 1. The van der Waals surface area contributed by atoms with E-state index in [1.165, 1.54) is 0 Å². The number of aliphatic hydroxyl groups is 2. The summed E-state index contributed by atoms with van der Waals surface area (Å²) in [4.78, 5) is 43.3. The molecule has 0 aliphatic heterocycles. The lowest BCUT2D eigenvalue weighted by molar-refractivity contribution is -0.155.